The highest BCUT2D eigenvalue weighted by Crippen LogP contribution is 2.27. The Morgan fingerprint density at radius 1 is 1.03 bits per heavy atom. The number of piperidine rings is 1. The smallest absolute Gasteiger partial charge is 0.255 e. The lowest BCUT2D eigenvalue weighted by Crippen LogP contribution is -2.37. The molecule has 2 heterocycles. The van der Waals surface area contributed by atoms with E-state index < -0.39 is 10.0 Å². The molecule has 32 heavy (non-hydrogen) atoms. The summed E-state index contributed by atoms with van der Waals surface area (Å²) in [4.78, 5) is 19.0. The van der Waals surface area contributed by atoms with Crippen LogP contribution in [0, 0.1) is 0 Å². The molecule has 168 valence electrons. The molecule has 0 bridgehead atoms. The number of hydrogen-bond donors (Lipinski definition) is 0. The molecule has 2 aromatic carbocycles. The van der Waals surface area contributed by atoms with Gasteiger partial charge >= 0.3 is 0 Å². The third-order valence-electron chi connectivity index (χ3n) is 6.01. The monoisotopic (exact) mass is 453 g/mol. The summed E-state index contributed by atoms with van der Waals surface area (Å²) in [7, 11) is -2.03. The highest BCUT2D eigenvalue weighted by Gasteiger charge is 2.31. The summed E-state index contributed by atoms with van der Waals surface area (Å²) in [5.41, 5.74) is 2.00. The van der Waals surface area contributed by atoms with E-state index in [1.165, 1.54) is 16.7 Å². The summed E-state index contributed by atoms with van der Waals surface area (Å²) >= 11 is 0. The van der Waals surface area contributed by atoms with Gasteiger partial charge in [0.25, 0.3) is 5.91 Å². The van der Waals surface area contributed by atoms with Gasteiger partial charge in [-0.05, 0) is 49.6 Å². The Kier molecular flexibility index (Phi) is 6.38. The van der Waals surface area contributed by atoms with Crippen molar-refractivity contribution in [3.05, 3.63) is 72.3 Å². The van der Waals surface area contributed by atoms with Crippen molar-refractivity contribution >= 4 is 15.9 Å². The molecule has 1 aromatic heterocycles. The largest absolute Gasteiger partial charge is 0.335 e. The Labute approximate surface area is 188 Å². The molecule has 9 heteroatoms. The molecule has 4 rings (SSSR count). The fourth-order valence-electron chi connectivity index (χ4n) is 3.95. The topological polar surface area (TPSA) is 88.4 Å². The Morgan fingerprint density at radius 3 is 2.38 bits per heavy atom. The van der Waals surface area contributed by atoms with Crippen molar-refractivity contribution in [1.82, 2.24) is 24.0 Å². The fraction of sp³-hybridized carbons (Fsp3) is 0.348. The molecule has 1 aliphatic rings. The number of sulfonamides is 1. The van der Waals surface area contributed by atoms with Gasteiger partial charge in [0.05, 0.1) is 22.2 Å². The average molecular weight is 454 g/mol. The molecular formula is C23H27N5O3S. The molecule has 0 saturated carbocycles. The van der Waals surface area contributed by atoms with Gasteiger partial charge in [-0.15, -0.1) is 0 Å². The van der Waals surface area contributed by atoms with E-state index in [0.717, 1.165) is 30.5 Å². The molecule has 1 aliphatic heterocycles. The molecule has 0 radical (unpaired) electrons. The second kappa shape index (κ2) is 9.22. The molecule has 8 nitrogen and oxygen atoms in total. The van der Waals surface area contributed by atoms with Crippen molar-refractivity contribution in [2.75, 3.05) is 20.1 Å². The molecule has 1 atom stereocenters. The van der Waals surface area contributed by atoms with Crippen LogP contribution in [0.15, 0.2) is 66.1 Å². The first-order valence-electron chi connectivity index (χ1n) is 10.7. The van der Waals surface area contributed by atoms with E-state index in [1.54, 1.807) is 41.2 Å². The Morgan fingerprint density at radius 2 is 1.72 bits per heavy atom. The lowest BCUT2D eigenvalue weighted by molar-refractivity contribution is 0.0738. The van der Waals surface area contributed by atoms with Crippen molar-refractivity contribution in [2.45, 2.75) is 37.1 Å². The van der Waals surface area contributed by atoms with Crippen molar-refractivity contribution < 1.29 is 13.2 Å². The van der Waals surface area contributed by atoms with Gasteiger partial charge in [0.1, 0.15) is 12.7 Å². The van der Waals surface area contributed by atoms with Gasteiger partial charge in [0.2, 0.25) is 10.0 Å². The zero-order valence-corrected chi connectivity index (χ0v) is 19.1. The van der Waals surface area contributed by atoms with Gasteiger partial charge in [-0.1, -0.05) is 30.7 Å². The van der Waals surface area contributed by atoms with Crippen molar-refractivity contribution in [1.29, 1.82) is 0 Å². The number of aromatic nitrogens is 3. The first-order chi connectivity index (χ1) is 15.4. The Balaban J connectivity index is 1.58. The molecule has 1 fully saturated rings. The quantitative estimate of drug-likeness (QED) is 0.572. The van der Waals surface area contributed by atoms with Crippen LogP contribution in [0.1, 0.15) is 48.1 Å². The Hall–Kier alpha value is -3.04. The molecule has 0 spiro atoms. The van der Waals surface area contributed by atoms with Gasteiger partial charge < -0.3 is 4.90 Å². The van der Waals surface area contributed by atoms with Crippen molar-refractivity contribution in [3.8, 4) is 5.69 Å². The highest BCUT2D eigenvalue weighted by molar-refractivity contribution is 7.89. The molecule has 3 aromatic rings. The minimum Gasteiger partial charge on any atom is -0.335 e. The Bertz CT molecular complexity index is 1170. The van der Waals surface area contributed by atoms with Crippen LogP contribution in [-0.2, 0) is 10.0 Å². The van der Waals surface area contributed by atoms with E-state index >= 15 is 0 Å². The normalized spacial score (nSPS) is 15.9. The number of benzene rings is 2. The lowest BCUT2D eigenvalue weighted by atomic mass is 10.1. The summed E-state index contributed by atoms with van der Waals surface area (Å²) in [5, 5.41) is 4.12. The van der Waals surface area contributed by atoms with Crippen LogP contribution >= 0.6 is 0 Å². The zero-order valence-electron chi connectivity index (χ0n) is 18.3. The molecule has 0 aliphatic carbocycles. The number of rotatable bonds is 6. The number of carbonyl (C=O) groups is 1. The zero-order chi connectivity index (χ0) is 22.7. The van der Waals surface area contributed by atoms with Crippen LogP contribution < -0.4 is 0 Å². The van der Waals surface area contributed by atoms with Gasteiger partial charge in [0.15, 0.2) is 0 Å². The SMILES string of the molecule is CC(c1ccc(-n2cncn2)cc1)N(C)C(=O)c1ccccc1S(=O)(=O)N1CCCCC1. The van der Waals surface area contributed by atoms with E-state index in [4.69, 9.17) is 0 Å². The van der Waals surface area contributed by atoms with Crippen LogP contribution in [0.4, 0.5) is 0 Å². The standard InChI is InChI=1S/C23H27N5O3S/c1-18(19-10-12-20(13-11-19)28-17-24-16-25-28)26(2)23(29)21-8-4-5-9-22(21)32(30,31)27-14-6-3-7-15-27/h4-5,8-13,16-18H,3,6-7,14-15H2,1-2H3. The second-order valence-corrected chi connectivity index (χ2v) is 9.89. The minimum absolute atomic E-state index is 0.0764. The van der Waals surface area contributed by atoms with Crippen LogP contribution in [0.25, 0.3) is 5.69 Å². The van der Waals surface area contributed by atoms with E-state index in [2.05, 4.69) is 10.1 Å². The van der Waals surface area contributed by atoms with Gasteiger partial charge in [-0.25, -0.2) is 18.1 Å². The number of hydrogen-bond acceptors (Lipinski definition) is 5. The van der Waals surface area contributed by atoms with E-state index in [9.17, 15) is 13.2 Å². The summed E-state index contributed by atoms with van der Waals surface area (Å²) in [6.07, 6.45) is 5.81. The predicted molar refractivity (Wildman–Crippen MR) is 121 cm³/mol. The van der Waals surface area contributed by atoms with Gasteiger partial charge in [-0.2, -0.15) is 9.40 Å². The van der Waals surface area contributed by atoms with Gasteiger partial charge in [-0.3, -0.25) is 4.79 Å². The number of amides is 1. The first kappa shape index (κ1) is 22.2. The number of carbonyl (C=O) groups excluding carboxylic acids is 1. The first-order valence-corrected chi connectivity index (χ1v) is 12.1. The summed E-state index contributed by atoms with van der Waals surface area (Å²) in [6, 6.07) is 13.9. The summed E-state index contributed by atoms with van der Waals surface area (Å²) < 4.78 is 29.7. The predicted octanol–water partition coefficient (Wildman–Crippen LogP) is 3.28. The maximum absolute atomic E-state index is 13.4. The molecule has 1 amide bonds. The van der Waals surface area contributed by atoms with E-state index in [0.29, 0.717) is 13.1 Å². The summed E-state index contributed by atoms with van der Waals surface area (Å²) in [5.74, 6) is -0.325. The third kappa shape index (κ3) is 4.31. The minimum atomic E-state index is -3.72. The maximum atomic E-state index is 13.4. The van der Waals surface area contributed by atoms with E-state index in [-0.39, 0.29) is 22.4 Å². The molecule has 0 N–H and O–H groups in total. The number of nitrogens with zero attached hydrogens (tertiary/aromatic N) is 5. The van der Waals surface area contributed by atoms with Crippen LogP contribution in [0.3, 0.4) is 0 Å². The second-order valence-electron chi connectivity index (χ2n) is 7.98. The maximum Gasteiger partial charge on any atom is 0.255 e. The van der Waals surface area contributed by atoms with Gasteiger partial charge in [0, 0.05) is 20.1 Å². The molecule has 1 unspecified atom stereocenters. The fourth-order valence-corrected chi connectivity index (χ4v) is 5.65. The van der Waals surface area contributed by atoms with Crippen molar-refractivity contribution in [2.24, 2.45) is 0 Å². The van der Waals surface area contributed by atoms with Crippen LogP contribution in [-0.4, -0.2) is 58.4 Å². The van der Waals surface area contributed by atoms with Crippen LogP contribution in [0.2, 0.25) is 0 Å². The summed E-state index contributed by atoms with van der Waals surface area (Å²) in [6.45, 7) is 2.91. The highest BCUT2D eigenvalue weighted by atomic mass is 32.2. The lowest BCUT2D eigenvalue weighted by Gasteiger charge is -2.29. The average Bonchev–Trinajstić information content (AvgIpc) is 3.38. The van der Waals surface area contributed by atoms with Crippen LogP contribution in [0.5, 0.6) is 0 Å². The van der Waals surface area contributed by atoms with Crippen molar-refractivity contribution in [3.63, 3.8) is 0 Å². The molecule has 1 saturated heterocycles. The molecular weight excluding hydrogens is 426 g/mol. The van der Waals surface area contributed by atoms with E-state index in [1.807, 2.05) is 31.2 Å². The third-order valence-corrected chi connectivity index (χ3v) is 7.97.